The molecule has 88 valence electrons. The SMILES string of the molecule is Cc1ccc2c(C(=O)O)c(O)c(O)c(C)c2c1. The molecule has 0 bridgehead atoms. The number of hydrogen-bond donors (Lipinski definition) is 3. The second-order valence-corrected chi connectivity index (χ2v) is 4.05. The van der Waals surface area contributed by atoms with Gasteiger partial charge >= 0.3 is 5.97 Å². The van der Waals surface area contributed by atoms with Crippen molar-refractivity contribution in [2.75, 3.05) is 0 Å². The molecule has 4 heteroatoms. The van der Waals surface area contributed by atoms with Crippen molar-refractivity contribution in [2.45, 2.75) is 13.8 Å². The van der Waals surface area contributed by atoms with Crippen LogP contribution >= 0.6 is 0 Å². The number of carboxylic acids is 1. The van der Waals surface area contributed by atoms with E-state index in [9.17, 15) is 15.0 Å². The van der Waals surface area contributed by atoms with Crippen molar-refractivity contribution in [2.24, 2.45) is 0 Å². The zero-order valence-electron chi connectivity index (χ0n) is 9.48. The van der Waals surface area contributed by atoms with Gasteiger partial charge in [0.25, 0.3) is 0 Å². The Hall–Kier alpha value is -2.23. The lowest BCUT2D eigenvalue weighted by Crippen LogP contribution is -2.00. The number of aromatic hydroxyl groups is 2. The monoisotopic (exact) mass is 232 g/mol. The first kappa shape index (κ1) is 11.3. The Morgan fingerprint density at radius 3 is 2.29 bits per heavy atom. The Kier molecular flexibility index (Phi) is 2.42. The van der Waals surface area contributed by atoms with Crippen LogP contribution in [0.1, 0.15) is 21.5 Å². The zero-order chi connectivity index (χ0) is 12.7. The normalized spacial score (nSPS) is 10.7. The van der Waals surface area contributed by atoms with E-state index in [1.165, 1.54) is 0 Å². The number of carboxylic acid groups (broad SMARTS) is 1. The number of rotatable bonds is 1. The average molecular weight is 232 g/mol. The van der Waals surface area contributed by atoms with Gasteiger partial charge in [-0.3, -0.25) is 0 Å². The zero-order valence-corrected chi connectivity index (χ0v) is 9.48. The molecule has 0 radical (unpaired) electrons. The summed E-state index contributed by atoms with van der Waals surface area (Å²) < 4.78 is 0. The topological polar surface area (TPSA) is 77.8 Å². The molecule has 0 amide bonds. The van der Waals surface area contributed by atoms with Crippen molar-refractivity contribution < 1.29 is 20.1 Å². The fourth-order valence-corrected chi connectivity index (χ4v) is 1.95. The molecule has 2 aromatic carbocycles. The molecule has 0 aromatic heterocycles. The second-order valence-electron chi connectivity index (χ2n) is 4.05. The molecular formula is C13H12O4. The summed E-state index contributed by atoms with van der Waals surface area (Å²) in [6.45, 7) is 3.52. The van der Waals surface area contributed by atoms with Gasteiger partial charge in [0.1, 0.15) is 5.56 Å². The highest BCUT2D eigenvalue weighted by molar-refractivity contribution is 6.08. The van der Waals surface area contributed by atoms with E-state index < -0.39 is 11.7 Å². The molecule has 4 nitrogen and oxygen atoms in total. The predicted molar refractivity (Wildman–Crippen MR) is 63.7 cm³/mol. The van der Waals surface area contributed by atoms with E-state index in [-0.39, 0.29) is 11.3 Å². The minimum Gasteiger partial charge on any atom is -0.504 e. The summed E-state index contributed by atoms with van der Waals surface area (Å²) in [6.07, 6.45) is 0. The lowest BCUT2D eigenvalue weighted by atomic mass is 9.96. The summed E-state index contributed by atoms with van der Waals surface area (Å²) >= 11 is 0. The maximum Gasteiger partial charge on any atom is 0.340 e. The van der Waals surface area contributed by atoms with Crippen molar-refractivity contribution in [3.8, 4) is 11.5 Å². The first-order chi connectivity index (χ1) is 7.93. The van der Waals surface area contributed by atoms with Gasteiger partial charge in [0, 0.05) is 10.9 Å². The first-order valence-corrected chi connectivity index (χ1v) is 5.11. The highest BCUT2D eigenvalue weighted by Gasteiger charge is 2.20. The largest absolute Gasteiger partial charge is 0.504 e. The van der Waals surface area contributed by atoms with E-state index in [1.54, 1.807) is 25.1 Å². The van der Waals surface area contributed by atoms with Crippen molar-refractivity contribution in [1.29, 1.82) is 0 Å². The van der Waals surface area contributed by atoms with Gasteiger partial charge in [0.2, 0.25) is 0 Å². The van der Waals surface area contributed by atoms with Crippen LogP contribution in [0.2, 0.25) is 0 Å². The van der Waals surface area contributed by atoms with Gasteiger partial charge in [-0.05, 0) is 19.2 Å². The molecular weight excluding hydrogens is 220 g/mol. The van der Waals surface area contributed by atoms with Crippen LogP contribution in [0.25, 0.3) is 10.8 Å². The number of phenols is 2. The van der Waals surface area contributed by atoms with Crippen molar-refractivity contribution in [1.82, 2.24) is 0 Å². The first-order valence-electron chi connectivity index (χ1n) is 5.11. The molecule has 0 aliphatic heterocycles. The summed E-state index contributed by atoms with van der Waals surface area (Å²) in [6, 6.07) is 5.20. The molecule has 3 N–H and O–H groups in total. The van der Waals surface area contributed by atoms with E-state index in [1.807, 2.05) is 6.92 Å². The van der Waals surface area contributed by atoms with Gasteiger partial charge in [-0.25, -0.2) is 4.79 Å². The third-order valence-corrected chi connectivity index (χ3v) is 2.88. The molecule has 0 saturated heterocycles. The Balaban J connectivity index is 3.04. The van der Waals surface area contributed by atoms with E-state index >= 15 is 0 Å². The van der Waals surface area contributed by atoms with E-state index in [2.05, 4.69) is 0 Å². The summed E-state index contributed by atoms with van der Waals surface area (Å²) in [5.74, 6) is -2.21. The van der Waals surface area contributed by atoms with Crippen LogP contribution in [0, 0.1) is 13.8 Å². The number of fused-ring (bicyclic) bond motifs is 1. The minimum atomic E-state index is -1.26. The average Bonchev–Trinajstić information content (AvgIpc) is 2.27. The molecule has 2 aromatic rings. The standard InChI is InChI=1S/C13H12O4/c1-6-3-4-8-9(5-6)7(2)11(14)12(15)10(8)13(16)17/h3-5,14-15H,1-2H3,(H,16,17). The molecule has 17 heavy (non-hydrogen) atoms. The maximum absolute atomic E-state index is 11.1. The third kappa shape index (κ3) is 1.58. The number of benzene rings is 2. The van der Waals surface area contributed by atoms with Crippen LogP contribution in [-0.4, -0.2) is 21.3 Å². The van der Waals surface area contributed by atoms with Gasteiger partial charge in [-0.15, -0.1) is 0 Å². The second kappa shape index (κ2) is 3.66. The lowest BCUT2D eigenvalue weighted by molar-refractivity contribution is 0.0695. The summed E-state index contributed by atoms with van der Waals surface area (Å²) in [5.41, 5.74) is 1.18. The number of hydrogen-bond acceptors (Lipinski definition) is 3. The van der Waals surface area contributed by atoms with Crippen LogP contribution < -0.4 is 0 Å². The summed E-state index contributed by atoms with van der Waals surface area (Å²) in [5, 5.41) is 29.5. The van der Waals surface area contributed by atoms with Crippen LogP contribution in [0.15, 0.2) is 18.2 Å². The molecule has 0 atom stereocenters. The lowest BCUT2D eigenvalue weighted by Gasteiger charge is -2.11. The fourth-order valence-electron chi connectivity index (χ4n) is 1.95. The number of phenolic OH excluding ortho intramolecular Hbond substituents is 1. The Morgan fingerprint density at radius 2 is 1.71 bits per heavy atom. The van der Waals surface area contributed by atoms with Gasteiger partial charge < -0.3 is 15.3 Å². The number of aryl methyl sites for hydroxylation is 2. The van der Waals surface area contributed by atoms with Crippen molar-refractivity contribution in [3.63, 3.8) is 0 Å². The molecule has 0 aliphatic rings. The van der Waals surface area contributed by atoms with Crippen LogP contribution in [0.4, 0.5) is 0 Å². The van der Waals surface area contributed by atoms with Gasteiger partial charge in [-0.1, -0.05) is 23.8 Å². The third-order valence-electron chi connectivity index (χ3n) is 2.88. The summed E-state index contributed by atoms with van der Waals surface area (Å²) in [4.78, 5) is 11.1. The van der Waals surface area contributed by atoms with E-state index in [4.69, 9.17) is 5.11 Å². The molecule has 0 aliphatic carbocycles. The Labute approximate surface area is 97.8 Å². The van der Waals surface area contributed by atoms with Crippen LogP contribution in [-0.2, 0) is 0 Å². The molecule has 0 spiro atoms. The molecule has 0 heterocycles. The summed E-state index contributed by atoms with van der Waals surface area (Å²) in [7, 11) is 0. The predicted octanol–water partition coefficient (Wildman–Crippen LogP) is 2.57. The van der Waals surface area contributed by atoms with Gasteiger partial charge in [-0.2, -0.15) is 0 Å². The highest BCUT2D eigenvalue weighted by Crippen LogP contribution is 2.39. The van der Waals surface area contributed by atoms with E-state index in [0.717, 1.165) is 5.56 Å². The molecule has 0 fully saturated rings. The van der Waals surface area contributed by atoms with E-state index in [0.29, 0.717) is 16.3 Å². The van der Waals surface area contributed by atoms with Gasteiger partial charge in [0.15, 0.2) is 11.5 Å². The molecule has 0 saturated carbocycles. The molecule has 2 rings (SSSR count). The van der Waals surface area contributed by atoms with Gasteiger partial charge in [0.05, 0.1) is 0 Å². The Bertz CT molecular complexity index is 629. The van der Waals surface area contributed by atoms with Crippen molar-refractivity contribution >= 4 is 16.7 Å². The number of aromatic carboxylic acids is 1. The maximum atomic E-state index is 11.1. The smallest absolute Gasteiger partial charge is 0.340 e. The highest BCUT2D eigenvalue weighted by atomic mass is 16.4. The van der Waals surface area contributed by atoms with Crippen LogP contribution in [0.3, 0.4) is 0 Å². The minimum absolute atomic E-state index is 0.261. The fraction of sp³-hybridized carbons (Fsp3) is 0.154. The van der Waals surface area contributed by atoms with Crippen LogP contribution in [0.5, 0.6) is 11.5 Å². The Morgan fingerprint density at radius 1 is 1.06 bits per heavy atom. The van der Waals surface area contributed by atoms with Crippen molar-refractivity contribution in [3.05, 3.63) is 34.9 Å². The number of carbonyl (C=O) groups is 1. The molecule has 0 unspecified atom stereocenters. The quantitative estimate of drug-likeness (QED) is 0.660.